The van der Waals surface area contributed by atoms with Crippen LogP contribution in [0, 0.1) is 0 Å². The molecule has 1 atom stereocenters. The van der Waals surface area contributed by atoms with Crippen molar-refractivity contribution in [3.05, 3.63) is 23.8 Å². The number of rotatable bonds is 0. The second-order valence-electron chi connectivity index (χ2n) is 3.56. The summed E-state index contributed by atoms with van der Waals surface area (Å²) >= 11 is 0. The monoisotopic (exact) mass is 263 g/mol. The number of carbonyl (C=O) groups excluding carboxylic acids is 1. The molecular formula is C10H8F3NO2S. The van der Waals surface area contributed by atoms with Gasteiger partial charge in [-0.05, 0) is 18.2 Å². The fourth-order valence-corrected chi connectivity index (χ4v) is 2.68. The lowest BCUT2D eigenvalue weighted by Crippen LogP contribution is -2.11. The highest BCUT2D eigenvalue weighted by atomic mass is 32.2. The Kier molecular flexibility index (Phi) is 2.94. The molecule has 3 nitrogen and oxygen atoms in total. The summed E-state index contributed by atoms with van der Waals surface area (Å²) in [6.45, 7) is 0. The van der Waals surface area contributed by atoms with E-state index < -0.39 is 28.4 Å². The molecule has 2 rings (SSSR count). The summed E-state index contributed by atoms with van der Waals surface area (Å²) in [6, 6.07) is 2.84. The summed E-state index contributed by atoms with van der Waals surface area (Å²) in [5.41, 5.74) is -0.879. The van der Waals surface area contributed by atoms with E-state index in [1.807, 2.05) is 0 Å². The van der Waals surface area contributed by atoms with Crippen molar-refractivity contribution in [1.29, 1.82) is 0 Å². The van der Waals surface area contributed by atoms with E-state index in [0.717, 1.165) is 18.2 Å². The maximum atomic E-state index is 12.5. The fourth-order valence-electron chi connectivity index (χ4n) is 1.51. The lowest BCUT2D eigenvalue weighted by molar-refractivity contribution is -0.137. The second kappa shape index (κ2) is 4.14. The molecule has 1 N–H and O–H groups in total. The fraction of sp³-hybridized carbons (Fsp3) is 0.300. The van der Waals surface area contributed by atoms with E-state index in [4.69, 9.17) is 0 Å². The summed E-state index contributed by atoms with van der Waals surface area (Å²) in [5.74, 6) is -0.291. The Balaban J connectivity index is 2.50. The van der Waals surface area contributed by atoms with Crippen LogP contribution in [-0.2, 0) is 21.8 Å². The number of alkyl halides is 3. The molecule has 92 valence electrons. The zero-order valence-corrected chi connectivity index (χ0v) is 9.32. The zero-order chi connectivity index (χ0) is 12.6. The van der Waals surface area contributed by atoms with Gasteiger partial charge in [0, 0.05) is 12.2 Å². The summed E-state index contributed by atoms with van der Waals surface area (Å²) in [5, 5.41) is 2.33. The highest BCUT2D eigenvalue weighted by molar-refractivity contribution is 7.85. The van der Waals surface area contributed by atoms with Crippen molar-refractivity contribution in [3.8, 4) is 0 Å². The third-order valence-electron chi connectivity index (χ3n) is 2.34. The number of hydrogen-bond donors (Lipinski definition) is 1. The summed E-state index contributed by atoms with van der Waals surface area (Å²) in [6.07, 6.45) is -4.43. The predicted octanol–water partition coefficient (Wildman–Crippen LogP) is 2.16. The summed E-state index contributed by atoms with van der Waals surface area (Å²) in [4.78, 5) is 11.5. The maximum Gasteiger partial charge on any atom is 0.416 e. The normalized spacial score (nSPS) is 20.4. The molecular weight excluding hydrogens is 255 g/mol. The number of nitrogens with one attached hydrogen (secondary N) is 1. The van der Waals surface area contributed by atoms with Crippen molar-refractivity contribution in [2.45, 2.75) is 17.5 Å². The molecule has 0 saturated heterocycles. The Morgan fingerprint density at radius 1 is 1.29 bits per heavy atom. The van der Waals surface area contributed by atoms with Crippen molar-refractivity contribution in [2.75, 3.05) is 11.1 Å². The molecule has 1 heterocycles. The minimum absolute atomic E-state index is 0.0133. The van der Waals surface area contributed by atoms with Gasteiger partial charge in [0.15, 0.2) is 0 Å². The Morgan fingerprint density at radius 3 is 2.65 bits per heavy atom. The molecule has 1 aliphatic rings. The van der Waals surface area contributed by atoms with Crippen LogP contribution in [0.2, 0.25) is 0 Å². The van der Waals surface area contributed by atoms with Crippen LogP contribution in [0.1, 0.15) is 12.0 Å². The Hall–Kier alpha value is -1.37. The van der Waals surface area contributed by atoms with E-state index in [2.05, 4.69) is 5.32 Å². The maximum absolute atomic E-state index is 12.5. The van der Waals surface area contributed by atoms with Crippen LogP contribution in [0.5, 0.6) is 0 Å². The van der Waals surface area contributed by atoms with Crippen molar-refractivity contribution in [3.63, 3.8) is 0 Å². The van der Waals surface area contributed by atoms with Crippen LogP contribution in [0.3, 0.4) is 0 Å². The van der Waals surface area contributed by atoms with Crippen molar-refractivity contribution in [1.82, 2.24) is 0 Å². The van der Waals surface area contributed by atoms with Gasteiger partial charge in [-0.25, -0.2) is 0 Å². The first-order chi connectivity index (χ1) is 7.88. The molecule has 0 bridgehead atoms. The SMILES string of the molecule is O=C1CCS(=O)c2ccc(C(F)(F)F)cc2N1. The lowest BCUT2D eigenvalue weighted by Gasteiger charge is -2.11. The predicted molar refractivity (Wildman–Crippen MR) is 56.0 cm³/mol. The van der Waals surface area contributed by atoms with E-state index in [1.54, 1.807) is 0 Å². The molecule has 0 fully saturated rings. The van der Waals surface area contributed by atoms with Crippen molar-refractivity contribution < 1.29 is 22.2 Å². The average Bonchev–Trinajstić information content (AvgIpc) is 2.37. The second-order valence-corrected chi connectivity index (χ2v) is 5.10. The number of hydrogen-bond acceptors (Lipinski definition) is 2. The molecule has 0 spiro atoms. The largest absolute Gasteiger partial charge is 0.416 e. The minimum Gasteiger partial charge on any atom is -0.325 e. The van der Waals surface area contributed by atoms with E-state index in [0.29, 0.717) is 0 Å². The topological polar surface area (TPSA) is 46.2 Å². The number of benzene rings is 1. The standard InChI is InChI=1S/C10H8F3NO2S/c11-10(12,13)6-1-2-8-7(5-6)14-9(15)3-4-17(8)16/h1-2,5H,3-4H2,(H,14,15). The first-order valence-electron chi connectivity index (χ1n) is 4.77. The molecule has 7 heteroatoms. The Morgan fingerprint density at radius 2 is 2.00 bits per heavy atom. The molecule has 1 aliphatic heterocycles. The Labute approximate surface area is 97.5 Å². The molecule has 1 amide bonds. The van der Waals surface area contributed by atoms with Gasteiger partial charge in [0.05, 0.1) is 26.9 Å². The van der Waals surface area contributed by atoms with Crippen LogP contribution in [0.15, 0.2) is 23.1 Å². The van der Waals surface area contributed by atoms with Crippen molar-refractivity contribution in [2.24, 2.45) is 0 Å². The van der Waals surface area contributed by atoms with E-state index in [9.17, 15) is 22.2 Å². The number of anilines is 1. The number of amides is 1. The van der Waals surface area contributed by atoms with E-state index >= 15 is 0 Å². The minimum atomic E-state index is -4.48. The highest BCUT2D eigenvalue weighted by Gasteiger charge is 2.32. The van der Waals surface area contributed by atoms with E-state index in [-0.39, 0.29) is 22.8 Å². The van der Waals surface area contributed by atoms with Crippen LogP contribution in [0.4, 0.5) is 18.9 Å². The van der Waals surface area contributed by atoms with Gasteiger partial charge in [-0.2, -0.15) is 13.2 Å². The third-order valence-corrected chi connectivity index (χ3v) is 3.76. The van der Waals surface area contributed by atoms with Crippen LogP contribution in [-0.4, -0.2) is 15.9 Å². The van der Waals surface area contributed by atoms with Crippen LogP contribution < -0.4 is 5.32 Å². The Bertz CT molecular complexity index is 499. The molecule has 0 aromatic heterocycles. The quantitative estimate of drug-likeness (QED) is 0.779. The van der Waals surface area contributed by atoms with Gasteiger partial charge in [-0.1, -0.05) is 0 Å². The summed E-state index contributed by atoms with van der Waals surface area (Å²) in [7, 11) is -1.44. The smallest absolute Gasteiger partial charge is 0.325 e. The van der Waals surface area contributed by atoms with Gasteiger partial charge in [0.2, 0.25) is 5.91 Å². The molecule has 17 heavy (non-hydrogen) atoms. The van der Waals surface area contributed by atoms with Gasteiger partial charge in [0.25, 0.3) is 0 Å². The molecule has 1 unspecified atom stereocenters. The number of halogens is 3. The summed E-state index contributed by atoms with van der Waals surface area (Å²) < 4.78 is 49.0. The van der Waals surface area contributed by atoms with Crippen molar-refractivity contribution >= 4 is 22.4 Å². The van der Waals surface area contributed by atoms with Gasteiger partial charge in [0.1, 0.15) is 0 Å². The van der Waals surface area contributed by atoms with E-state index in [1.165, 1.54) is 0 Å². The van der Waals surface area contributed by atoms with Gasteiger partial charge in [-0.3, -0.25) is 9.00 Å². The highest BCUT2D eigenvalue weighted by Crippen LogP contribution is 2.34. The van der Waals surface area contributed by atoms with Gasteiger partial charge < -0.3 is 5.32 Å². The lowest BCUT2D eigenvalue weighted by atomic mass is 10.2. The number of carbonyl (C=O) groups is 1. The van der Waals surface area contributed by atoms with Gasteiger partial charge >= 0.3 is 6.18 Å². The first-order valence-corrected chi connectivity index (χ1v) is 6.09. The number of fused-ring (bicyclic) bond motifs is 1. The zero-order valence-electron chi connectivity index (χ0n) is 8.50. The van der Waals surface area contributed by atoms with Crippen LogP contribution in [0.25, 0.3) is 0 Å². The molecule has 1 aromatic rings. The van der Waals surface area contributed by atoms with Crippen LogP contribution >= 0.6 is 0 Å². The molecule has 0 radical (unpaired) electrons. The third kappa shape index (κ3) is 2.49. The van der Waals surface area contributed by atoms with Gasteiger partial charge in [-0.15, -0.1) is 0 Å². The molecule has 0 aliphatic carbocycles. The molecule has 0 saturated carbocycles. The average molecular weight is 263 g/mol. The molecule has 1 aromatic carbocycles. The first kappa shape index (κ1) is 12.1.